The zero-order valence-electron chi connectivity index (χ0n) is 15.6. The lowest BCUT2D eigenvalue weighted by molar-refractivity contribution is -0.140. The predicted octanol–water partition coefficient (Wildman–Crippen LogP) is 2.45. The first-order chi connectivity index (χ1) is 14.1. The summed E-state index contributed by atoms with van der Waals surface area (Å²) >= 11 is 0. The number of hydrogen-bond acceptors (Lipinski definition) is 6. The lowest BCUT2D eigenvalue weighted by Gasteiger charge is -2.27. The Hall–Kier alpha value is -3.52. The fraction of sp³-hybridized carbons (Fsp3) is 0.238. The van der Waals surface area contributed by atoms with E-state index in [1.807, 2.05) is 36.4 Å². The summed E-state index contributed by atoms with van der Waals surface area (Å²) < 4.78 is 1.64. The monoisotopic (exact) mass is 388 g/mol. The smallest absolute Gasteiger partial charge is 0.320 e. The van der Waals surface area contributed by atoms with Crippen molar-refractivity contribution in [3.63, 3.8) is 0 Å². The lowest BCUT2D eigenvalue weighted by atomic mass is 9.92. The summed E-state index contributed by atoms with van der Waals surface area (Å²) in [7, 11) is 0. The zero-order valence-corrected chi connectivity index (χ0v) is 15.6. The SMILES string of the molecule is Nc1cc(C2CCC(C(=O)O)NC2)nc2c(-c3cccc4cccnc34)cnn12. The van der Waals surface area contributed by atoms with Crippen molar-refractivity contribution in [3.05, 3.63) is 54.5 Å². The van der Waals surface area contributed by atoms with Gasteiger partial charge in [0.1, 0.15) is 11.9 Å². The van der Waals surface area contributed by atoms with Gasteiger partial charge in [-0.3, -0.25) is 9.78 Å². The minimum absolute atomic E-state index is 0.103. The van der Waals surface area contributed by atoms with Crippen LogP contribution in [-0.2, 0) is 4.79 Å². The van der Waals surface area contributed by atoms with Crippen LogP contribution in [0.2, 0.25) is 0 Å². The number of aromatic nitrogens is 4. The molecular weight excluding hydrogens is 368 g/mol. The highest BCUT2D eigenvalue weighted by atomic mass is 16.4. The third-order valence-corrected chi connectivity index (χ3v) is 5.57. The van der Waals surface area contributed by atoms with Crippen molar-refractivity contribution in [2.75, 3.05) is 12.3 Å². The van der Waals surface area contributed by atoms with Crippen LogP contribution < -0.4 is 11.1 Å². The van der Waals surface area contributed by atoms with E-state index >= 15 is 0 Å². The van der Waals surface area contributed by atoms with E-state index in [4.69, 9.17) is 10.7 Å². The van der Waals surface area contributed by atoms with Crippen LogP contribution in [0, 0.1) is 0 Å². The van der Waals surface area contributed by atoms with E-state index in [1.165, 1.54) is 0 Å². The number of carbonyl (C=O) groups is 1. The maximum atomic E-state index is 11.2. The van der Waals surface area contributed by atoms with Gasteiger partial charge in [0.25, 0.3) is 0 Å². The Labute approximate surface area is 166 Å². The molecule has 29 heavy (non-hydrogen) atoms. The number of nitrogens with two attached hydrogens (primary N) is 1. The van der Waals surface area contributed by atoms with E-state index in [0.717, 1.165) is 34.1 Å². The molecule has 2 atom stereocenters. The summed E-state index contributed by atoms with van der Waals surface area (Å²) in [6.45, 7) is 0.554. The molecule has 8 heteroatoms. The molecule has 0 amide bonds. The van der Waals surface area contributed by atoms with Crippen LogP contribution in [0.1, 0.15) is 24.5 Å². The number of carboxylic acids is 1. The molecule has 4 aromatic rings. The van der Waals surface area contributed by atoms with E-state index in [0.29, 0.717) is 24.4 Å². The van der Waals surface area contributed by atoms with Crippen LogP contribution in [0.25, 0.3) is 27.7 Å². The molecule has 0 saturated carbocycles. The van der Waals surface area contributed by atoms with Gasteiger partial charge in [0.05, 0.1) is 17.4 Å². The molecule has 1 aromatic carbocycles. The second-order valence-electron chi connectivity index (χ2n) is 7.35. The van der Waals surface area contributed by atoms with Crippen LogP contribution in [0.15, 0.2) is 48.8 Å². The molecule has 5 rings (SSSR count). The molecule has 2 unspecified atom stereocenters. The number of aliphatic carboxylic acids is 1. The van der Waals surface area contributed by atoms with Gasteiger partial charge in [-0.15, -0.1) is 0 Å². The minimum atomic E-state index is -0.812. The summed E-state index contributed by atoms with van der Waals surface area (Å²) in [6, 6.07) is 11.3. The van der Waals surface area contributed by atoms with E-state index in [1.54, 1.807) is 16.9 Å². The Morgan fingerprint density at radius 1 is 1.21 bits per heavy atom. The largest absolute Gasteiger partial charge is 0.480 e. The highest BCUT2D eigenvalue weighted by Gasteiger charge is 2.27. The van der Waals surface area contributed by atoms with Gasteiger partial charge in [0, 0.05) is 41.2 Å². The number of piperidine rings is 1. The third kappa shape index (κ3) is 2.98. The highest BCUT2D eigenvalue weighted by molar-refractivity contribution is 5.97. The molecule has 3 aromatic heterocycles. The van der Waals surface area contributed by atoms with Crippen molar-refractivity contribution >= 4 is 28.3 Å². The number of pyridine rings is 1. The fourth-order valence-electron chi connectivity index (χ4n) is 4.05. The third-order valence-electron chi connectivity index (χ3n) is 5.57. The van der Waals surface area contributed by atoms with Crippen molar-refractivity contribution < 1.29 is 9.90 Å². The second kappa shape index (κ2) is 6.82. The maximum Gasteiger partial charge on any atom is 0.320 e. The molecule has 1 aliphatic rings. The van der Waals surface area contributed by atoms with Gasteiger partial charge in [0.15, 0.2) is 5.65 Å². The Bertz CT molecular complexity index is 1220. The number of fused-ring (bicyclic) bond motifs is 2. The molecule has 0 aliphatic carbocycles. The number of para-hydroxylation sites is 1. The average molecular weight is 388 g/mol. The van der Waals surface area contributed by atoms with Crippen molar-refractivity contribution in [1.29, 1.82) is 0 Å². The first-order valence-electron chi connectivity index (χ1n) is 9.56. The Morgan fingerprint density at radius 3 is 2.86 bits per heavy atom. The Kier molecular flexibility index (Phi) is 4.13. The second-order valence-corrected chi connectivity index (χ2v) is 7.35. The molecule has 8 nitrogen and oxygen atoms in total. The molecule has 146 valence electrons. The van der Waals surface area contributed by atoms with E-state index in [2.05, 4.69) is 15.4 Å². The van der Waals surface area contributed by atoms with Crippen LogP contribution in [0.3, 0.4) is 0 Å². The van der Waals surface area contributed by atoms with Crippen molar-refractivity contribution in [2.24, 2.45) is 0 Å². The number of carboxylic acid groups (broad SMARTS) is 1. The predicted molar refractivity (Wildman–Crippen MR) is 110 cm³/mol. The number of benzene rings is 1. The molecule has 0 radical (unpaired) electrons. The standard InChI is InChI=1S/C21H20N6O2/c22-18-9-17(13-6-7-16(21(28)29)24-10-13)26-20-15(11-25-27(18)20)14-5-1-3-12-4-2-8-23-19(12)14/h1-5,8-9,11,13,16,24H,6-7,10,22H2,(H,28,29). The van der Waals surface area contributed by atoms with E-state index < -0.39 is 12.0 Å². The number of hydrogen-bond donors (Lipinski definition) is 3. The van der Waals surface area contributed by atoms with E-state index in [9.17, 15) is 9.90 Å². The van der Waals surface area contributed by atoms with Gasteiger partial charge < -0.3 is 16.2 Å². The topological polar surface area (TPSA) is 118 Å². The first kappa shape index (κ1) is 17.6. The first-order valence-corrected chi connectivity index (χ1v) is 9.56. The van der Waals surface area contributed by atoms with Gasteiger partial charge in [0.2, 0.25) is 0 Å². The average Bonchev–Trinajstić information content (AvgIpc) is 3.18. The fourth-order valence-corrected chi connectivity index (χ4v) is 4.05. The molecular formula is C21H20N6O2. The summed E-state index contributed by atoms with van der Waals surface area (Å²) in [4.78, 5) is 20.6. The van der Waals surface area contributed by atoms with Crippen LogP contribution in [0.5, 0.6) is 0 Å². The normalized spacial score (nSPS) is 19.6. The van der Waals surface area contributed by atoms with Gasteiger partial charge in [-0.05, 0) is 18.9 Å². The number of nitrogens with one attached hydrogen (secondary N) is 1. The summed E-state index contributed by atoms with van der Waals surface area (Å²) in [5.41, 5.74) is 10.5. The maximum absolute atomic E-state index is 11.2. The van der Waals surface area contributed by atoms with Crippen LogP contribution in [0.4, 0.5) is 5.82 Å². The molecule has 0 bridgehead atoms. The van der Waals surface area contributed by atoms with Crippen molar-refractivity contribution in [2.45, 2.75) is 24.8 Å². The molecule has 4 N–H and O–H groups in total. The number of anilines is 1. The van der Waals surface area contributed by atoms with Gasteiger partial charge in [-0.1, -0.05) is 24.3 Å². The van der Waals surface area contributed by atoms with E-state index in [-0.39, 0.29) is 5.92 Å². The van der Waals surface area contributed by atoms with Gasteiger partial charge in [-0.2, -0.15) is 9.61 Å². The summed E-state index contributed by atoms with van der Waals surface area (Å²) in [5.74, 6) is -0.205. The molecule has 0 spiro atoms. The quantitative estimate of drug-likeness (QED) is 0.493. The Morgan fingerprint density at radius 2 is 2.07 bits per heavy atom. The summed E-state index contributed by atoms with van der Waals surface area (Å²) in [6.07, 6.45) is 4.85. The molecule has 1 aliphatic heterocycles. The van der Waals surface area contributed by atoms with Crippen molar-refractivity contribution in [3.8, 4) is 11.1 Å². The minimum Gasteiger partial charge on any atom is -0.480 e. The highest BCUT2D eigenvalue weighted by Crippen LogP contribution is 2.32. The van der Waals surface area contributed by atoms with Crippen LogP contribution >= 0.6 is 0 Å². The number of nitrogens with zero attached hydrogens (tertiary/aromatic N) is 4. The van der Waals surface area contributed by atoms with Gasteiger partial charge >= 0.3 is 5.97 Å². The van der Waals surface area contributed by atoms with Crippen LogP contribution in [-0.4, -0.2) is 43.2 Å². The molecule has 4 heterocycles. The lowest BCUT2D eigenvalue weighted by Crippen LogP contribution is -2.43. The number of rotatable bonds is 3. The summed E-state index contributed by atoms with van der Waals surface area (Å²) in [5, 5.41) is 17.7. The van der Waals surface area contributed by atoms with Crippen molar-refractivity contribution in [1.82, 2.24) is 24.9 Å². The molecule has 1 saturated heterocycles. The van der Waals surface area contributed by atoms with Gasteiger partial charge in [-0.25, -0.2) is 4.98 Å². The molecule has 1 fully saturated rings. The number of nitrogen functional groups attached to an aromatic ring is 1. The zero-order chi connectivity index (χ0) is 20.0. The Balaban J connectivity index is 1.59.